The van der Waals surface area contributed by atoms with Crippen molar-refractivity contribution in [3.8, 4) is 11.3 Å². The molecular formula is C22H14Cl2N2O4S. The zero-order chi connectivity index (χ0) is 22.1. The van der Waals surface area contributed by atoms with Crippen LogP contribution < -0.4 is 0 Å². The lowest BCUT2D eigenvalue weighted by Crippen LogP contribution is -2.23. The van der Waals surface area contributed by atoms with E-state index in [2.05, 4.69) is 4.99 Å². The van der Waals surface area contributed by atoms with Crippen molar-refractivity contribution in [3.63, 3.8) is 0 Å². The number of furan rings is 1. The number of thioether (sulfide) groups is 1. The minimum atomic E-state index is -1.04. The summed E-state index contributed by atoms with van der Waals surface area (Å²) in [5, 5.41) is 10.4. The highest BCUT2D eigenvalue weighted by Gasteiger charge is 2.30. The van der Waals surface area contributed by atoms with E-state index in [0.717, 1.165) is 0 Å². The third-order valence-corrected chi connectivity index (χ3v) is 6.32. The number of hydrogen-bond donors (Lipinski definition) is 1. The number of hydrogen-bond acceptors (Lipinski definition) is 5. The van der Waals surface area contributed by atoms with Gasteiger partial charge in [-0.15, -0.1) is 0 Å². The van der Waals surface area contributed by atoms with Crippen LogP contribution in [0.4, 0.5) is 5.69 Å². The van der Waals surface area contributed by atoms with Crippen LogP contribution in [-0.4, -0.2) is 34.1 Å². The fraction of sp³-hybridized carbons (Fsp3) is 0.0455. The van der Waals surface area contributed by atoms with Crippen LogP contribution in [-0.2, 0) is 4.79 Å². The van der Waals surface area contributed by atoms with Crippen LogP contribution in [0.3, 0.4) is 0 Å². The first-order chi connectivity index (χ1) is 14.8. The lowest BCUT2D eigenvalue weighted by molar-refractivity contribution is -0.121. The van der Waals surface area contributed by atoms with Gasteiger partial charge in [-0.25, -0.2) is 9.79 Å². The minimum absolute atomic E-state index is 0.123. The number of amides is 1. The van der Waals surface area contributed by atoms with Crippen molar-refractivity contribution in [2.75, 3.05) is 7.05 Å². The molecule has 156 valence electrons. The van der Waals surface area contributed by atoms with Crippen LogP contribution in [0.15, 0.2) is 68.9 Å². The molecule has 4 rings (SSSR count). The standard InChI is InChI=1S/C22H14Cl2N2O4S/c1-26-20(27)18(31-22(26)25-13-5-2-4-12(10-13)21(28)29)11-14-8-9-17(30-14)15-6-3-7-16(23)19(15)24/h2-11H,1H3,(H,28,29). The molecule has 2 heterocycles. The van der Waals surface area contributed by atoms with Gasteiger partial charge in [0, 0.05) is 18.7 Å². The lowest BCUT2D eigenvalue weighted by Gasteiger charge is -2.07. The van der Waals surface area contributed by atoms with Crippen molar-refractivity contribution < 1.29 is 19.1 Å². The van der Waals surface area contributed by atoms with Crippen molar-refractivity contribution in [2.45, 2.75) is 0 Å². The highest BCUT2D eigenvalue weighted by Crippen LogP contribution is 2.37. The van der Waals surface area contributed by atoms with Crippen molar-refractivity contribution >= 4 is 63.8 Å². The normalized spacial score (nSPS) is 16.5. The zero-order valence-corrected chi connectivity index (χ0v) is 18.3. The first-order valence-electron chi connectivity index (χ1n) is 8.97. The molecule has 0 aliphatic carbocycles. The summed E-state index contributed by atoms with van der Waals surface area (Å²) in [5.74, 6) is -0.275. The smallest absolute Gasteiger partial charge is 0.335 e. The van der Waals surface area contributed by atoms with E-state index in [0.29, 0.717) is 42.9 Å². The number of nitrogens with zero attached hydrogens (tertiary/aromatic N) is 2. The molecular weight excluding hydrogens is 459 g/mol. The molecule has 0 atom stereocenters. The average Bonchev–Trinajstić information content (AvgIpc) is 3.31. The van der Waals surface area contributed by atoms with Crippen LogP contribution in [0.25, 0.3) is 17.4 Å². The molecule has 0 bridgehead atoms. The van der Waals surface area contributed by atoms with Crippen LogP contribution in [0.1, 0.15) is 16.1 Å². The van der Waals surface area contributed by atoms with Crippen LogP contribution >= 0.6 is 35.0 Å². The summed E-state index contributed by atoms with van der Waals surface area (Å²) in [6.07, 6.45) is 1.63. The Morgan fingerprint density at radius 2 is 1.94 bits per heavy atom. The molecule has 1 saturated heterocycles. The maximum absolute atomic E-state index is 12.6. The molecule has 6 nitrogen and oxygen atoms in total. The Balaban J connectivity index is 1.61. The number of benzene rings is 2. The van der Waals surface area contributed by atoms with E-state index in [9.17, 15) is 9.59 Å². The highest BCUT2D eigenvalue weighted by molar-refractivity contribution is 8.18. The lowest BCUT2D eigenvalue weighted by atomic mass is 10.2. The van der Waals surface area contributed by atoms with E-state index in [1.807, 2.05) is 0 Å². The number of aromatic carboxylic acids is 1. The van der Waals surface area contributed by atoms with Crippen LogP contribution in [0, 0.1) is 0 Å². The Kier molecular flexibility index (Phi) is 5.91. The molecule has 1 N–H and O–H groups in total. The number of amidine groups is 1. The number of aliphatic imine (C=N–C) groups is 1. The molecule has 1 aliphatic rings. The molecule has 0 saturated carbocycles. The van der Waals surface area contributed by atoms with E-state index >= 15 is 0 Å². The second kappa shape index (κ2) is 8.63. The van der Waals surface area contributed by atoms with Crippen LogP contribution in [0.5, 0.6) is 0 Å². The monoisotopic (exact) mass is 472 g/mol. The van der Waals surface area contributed by atoms with E-state index in [1.54, 1.807) is 55.6 Å². The third kappa shape index (κ3) is 4.39. The summed E-state index contributed by atoms with van der Waals surface area (Å²) in [6.45, 7) is 0. The number of carboxylic acid groups (broad SMARTS) is 1. The summed E-state index contributed by atoms with van der Waals surface area (Å²) in [5.41, 5.74) is 1.22. The van der Waals surface area contributed by atoms with Crippen molar-refractivity contribution in [1.29, 1.82) is 0 Å². The molecule has 31 heavy (non-hydrogen) atoms. The average molecular weight is 473 g/mol. The zero-order valence-electron chi connectivity index (χ0n) is 16.0. The van der Waals surface area contributed by atoms with Gasteiger partial charge in [0.2, 0.25) is 0 Å². The van der Waals surface area contributed by atoms with Gasteiger partial charge in [0.1, 0.15) is 11.5 Å². The molecule has 1 aromatic heterocycles. The Bertz CT molecular complexity index is 1270. The van der Waals surface area contributed by atoms with Gasteiger partial charge in [-0.05, 0) is 54.2 Å². The van der Waals surface area contributed by atoms with E-state index in [-0.39, 0.29) is 11.5 Å². The Morgan fingerprint density at radius 1 is 1.16 bits per heavy atom. The summed E-state index contributed by atoms with van der Waals surface area (Å²) < 4.78 is 5.84. The summed E-state index contributed by atoms with van der Waals surface area (Å²) in [7, 11) is 1.61. The Hall–Kier alpha value is -3.00. The second-order valence-electron chi connectivity index (χ2n) is 6.53. The van der Waals surface area contributed by atoms with Gasteiger partial charge in [0.15, 0.2) is 5.17 Å². The van der Waals surface area contributed by atoms with Gasteiger partial charge >= 0.3 is 5.97 Å². The van der Waals surface area contributed by atoms with Gasteiger partial charge in [0.05, 0.1) is 26.2 Å². The van der Waals surface area contributed by atoms with Gasteiger partial charge in [0.25, 0.3) is 5.91 Å². The highest BCUT2D eigenvalue weighted by atomic mass is 35.5. The Morgan fingerprint density at radius 3 is 2.71 bits per heavy atom. The molecule has 0 radical (unpaired) electrons. The second-order valence-corrected chi connectivity index (χ2v) is 8.32. The summed E-state index contributed by atoms with van der Waals surface area (Å²) in [6, 6.07) is 15.0. The van der Waals surface area contributed by atoms with Gasteiger partial charge in [-0.3, -0.25) is 9.69 Å². The predicted octanol–water partition coefficient (Wildman–Crippen LogP) is 6.19. The number of carboxylic acids is 1. The molecule has 9 heteroatoms. The molecule has 1 aliphatic heterocycles. The number of carbonyl (C=O) groups excluding carboxylic acids is 1. The fourth-order valence-electron chi connectivity index (χ4n) is 2.87. The van der Waals surface area contributed by atoms with Crippen molar-refractivity contribution in [3.05, 3.63) is 80.9 Å². The molecule has 3 aromatic rings. The quantitative estimate of drug-likeness (QED) is 0.457. The fourth-order valence-corrected chi connectivity index (χ4v) is 4.23. The topological polar surface area (TPSA) is 83.1 Å². The van der Waals surface area contributed by atoms with Crippen molar-refractivity contribution in [2.24, 2.45) is 4.99 Å². The number of likely N-dealkylation sites (N-methyl/N-ethyl adjacent to an activating group) is 1. The first-order valence-corrected chi connectivity index (χ1v) is 10.5. The summed E-state index contributed by atoms with van der Waals surface area (Å²) >= 11 is 13.5. The van der Waals surface area contributed by atoms with Gasteiger partial charge < -0.3 is 9.52 Å². The van der Waals surface area contributed by atoms with E-state index in [1.165, 1.54) is 28.8 Å². The summed E-state index contributed by atoms with van der Waals surface area (Å²) in [4.78, 5) is 30.0. The number of halogens is 2. The van der Waals surface area contributed by atoms with E-state index in [4.69, 9.17) is 32.7 Å². The van der Waals surface area contributed by atoms with E-state index < -0.39 is 5.97 Å². The molecule has 1 amide bonds. The van der Waals surface area contributed by atoms with Crippen molar-refractivity contribution in [1.82, 2.24) is 4.90 Å². The maximum atomic E-state index is 12.6. The number of carbonyl (C=O) groups is 2. The molecule has 2 aromatic carbocycles. The minimum Gasteiger partial charge on any atom is -0.478 e. The first kappa shape index (κ1) is 21.2. The largest absolute Gasteiger partial charge is 0.478 e. The molecule has 0 spiro atoms. The Labute approximate surface area is 191 Å². The maximum Gasteiger partial charge on any atom is 0.335 e. The number of rotatable bonds is 4. The predicted molar refractivity (Wildman–Crippen MR) is 123 cm³/mol. The molecule has 0 unspecified atom stereocenters. The van der Waals surface area contributed by atoms with Gasteiger partial charge in [-0.1, -0.05) is 35.3 Å². The third-order valence-electron chi connectivity index (χ3n) is 4.44. The van der Waals surface area contributed by atoms with Crippen LogP contribution in [0.2, 0.25) is 10.0 Å². The SMILES string of the molecule is CN1C(=O)C(=Cc2ccc(-c3cccc(Cl)c3Cl)o2)SC1=Nc1cccc(C(=O)O)c1. The van der Waals surface area contributed by atoms with Gasteiger partial charge in [-0.2, -0.15) is 0 Å². The molecule has 1 fully saturated rings.